The summed E-state index contributed by atoms with van der Waals surface area (Å²) in [4.78, 5) is 34.9. The summed E-state index contributed by atoms with van der Waals surface area (Å²) in [7, 11) is -4.38. The highest BCUT2D eigenvalue weighted by Gasteiger charge is 2.26. The molecule has 324 valence electrons. The molecule has 0 spiro atoms. The number of ether oxygens (including phenoxy) is 2. The monoisotopic (exact) mass is 800 g/mol. The number of hydrogen-bond donors (Lipinski definition) is 2. The van der Waals surface area contributed by atoms with Gasteiger partial charge in [0.1, 0.15) is 6.61 Å². The van der Waals surface area contributed by atoms with Crippen molar-refractivity contribution in [1.82, 2.24) is 0 Å². The lowest BCUT2D eigenvalue weighted by molar-refractivity contribution is -0.161. The van der Waals surface area contributed by atoms with Crippen LogP contribution in [0.5, 0.6) is 0 Å². The van der Waals surface area contributed by atoms with Gasteiger partial charge in [-0.05, 0) is 44.9 Å². The van der Waals surface area contributed by atoms with Gasteiger partial charge in [0, 0.05) is 19.4 Å². The first-order chi connectivity index (χ1) is 26.8. The molecule has 0 saturated carbocycles. The molecule has 0 aromatic heterocycles. The molecule has 55 heavy (non-hydrogen) atoms. The van der Waals surface area contributed by atoms with Gasteiger partial charge in [0.15, 0.2) is 6.10 Å². The van der Waals surface area contributed by atoms with Crippen molar-refractivity contribution in [2.75, 3.05) is 26.4 Å². The largest absolute Gasteiger partial charge is 0.472 e. The normalized spacial score (nSPS) is 13.5. The first kappa shape index (κ1) is 53.5. The first-order valence-corrected chi connectivity index (χ1v) is 24.3. The zero-order valence-electron chi connectivity index (χ0n) is 35.7. The Kier molecular flexibility index (Phi) is 40.9. The van der Waals surface area contributed by atoms with E-state index in [2.05, 4.69) is 38.2 Å². The van der Waals surface area contributed by atoms with Gasteiger partial charge in [-0.15, -0.1) is 0 Å². The van der Waals surface area contributed by atoms with E-state index < -0.39 is 26.5 Å². The molecule has 0 amide bonds. The van der Waals surface area contributed by atoms with E-state index in [1.54, 1.807) is 0 Å². The predicted molar refractivity (Wildman–Crippen MR) is 229 cm³/mol. The van der Waals surface area contributed by atoms with Crippen molar-refractivity contribution in [2.24, 2.45) is 5.73 Å². The molecule has 3 N–H and O–H groups in total. The molecule has 0 saturated heterocycles. The number of phosphoric ester groups is 1. The molecular weight excluding hydrogens is 713 g/mol. The van der Waals surface area contributed by atoms with Crippen LogP contribution in [0.25, 0.3) is 0 Å². The van der Waals surface area contributed by atoms with E-state index in [1.165, 1.54) is 128 Å². The number of carbonyl (C=O) groups is 2. The van der Waals surface area contributed by atoms with Crippen LogP contribution < -0.4 is 5.73 Å². The number of phosphoric acid groups is 1. The number of allylic oxidation sites excluding steroid dienone is 4. The highest BCUT2D eigenvalue weighted by Crippen LogP contribution is 2.43. The zero-order chi connectivity index (χ0) is 40.3. The Morgan fingerprint density at radius 2 is 0.945 bits per heavy atom. The molecule has 0 aromatic carbocycles. The van der Waals surface area contributed by atoms with Gasteiger partial charge in [0.05, 0.1) is 13.2 Å². The minimum atomic E-state index is -4.38. The Labute approximate surface area is 338 Å². The minimum absolute atomic E-state index is 0.0526. The second-order valence-electron chi connectivity index (χ2n) is 15.3. The topological polar surface area (TPSA) is 134 Å². The average Bonchev–Trinajstić information content (AvgIpc) is 3.17. The molecule has 10 heteroatoms. The highest BCUT2D eigenvalue weighted by atomic mass is 31.2. The molecule has 0 heterocycles. The lowest BCUT2D eigenvalue weighted by Crippen LogP contribution is -2.29. The lowest BCUT2D eigenvalue weighted by atomic mass is 10.0. The van der Waals surface area contributed by atoms with E-state index in [4.69, 9.17) is 24.3 Å². The molecule has 9 nitrogen and oxygen atoms in total. The van der Waals surface area contributed by atoms with E-state index in [0.29, 0.717) is 6.42 Å². The number of carbonyl (C=O) groups excluding carboxylic acids is 2. The summed E-state index contributed by atoms with van der Waals surface area (Å²) < 4.78 is 32.8. The standard InChI is InChI=1S/C45H86NO8P/c1-3-5-7-9-11-13-15-17-19-21-22-24-25-27-29-31-33-35-37-44(47)51-41-43(42-53-55(49,50)52-40-39-46)54-45(48)38-36-34-32-30-28-26-23-20-18-16-14-12-10-8-6-4-2/h14,16,20,23,43H,3-13,15,17-19,21-22,24-42,46H2,1-2H3,(H,49,50)/b16-14-,23-20-. The fourth-order valence-corrected chi connectivity index (χ4v) is 7.20. The van der Waals surface area contributed by atoms with Gasteiger partial charge in [-0.2, -0.15) is 0 Å². The molecule has 0 aliphatic heterocycles. The Morgan fingerprint density at radius 1 is 0.545 bits per heavy atom. The average molecular weight is 800 g/mol. The van der Waals surface area contributed by atoms with Crippen LogP contribution in [0.1, 0.15) is 219 Å². The summed E-state index contributed by atoms with van der Waals surface area (Å²) in [5.41, 5.74) is 5.35. The van der Waals surface area contributed by atoms with Gasteiger partial charge in [-0.25, -0.2) is 4.57 Å². The lowest BCUT2D eigenvalue weighted by Gasteiger charge is -2.19. The SMILES string of the molecule is CCCCCC/C=C\C/C=C\CCCCCCCC(=O)OC(COC(=O)CCCCCCCCCCCCCCCCCCCC)COP(=O)(O)OCCN. The van der Waals surface area contributed by atoms with Crippen LogP contribution in [0.2, 0.25) is 0 Å². The fourth-order valence-electron chi connectivity index (χ4n) is 6.43. The smallest absolute Gasteiger partial charge is 0.462 e. The van der Waals surface area contributed by atoms with E-state index >= 15 is 0 Å². The summed E-state index contributed by atoms with van der Waals surface area (Å²) in [6.45, 7) is 3.73. The van der Waals surface area contributed by atoms with E-state index in [1.807, 2.05) is 0 Å². The third-order valence-electron chi connectivity index (χ3n) is 9.84. The maximum absolute atomic E-state index is 12.6. The van der Waals surface area contributed by atoms with Gasteiger partial charge < -0.3 is 20.1 Å². The Bertz CT molecular complexity index is 959. The second kappa shape index (κ2) is 42.1. The number of rotatable bonds is 43. The molecule has 0 aromatic rings. The number of hydrogen-bond acceptors (Lipinski definition) is 8. The van der Waals surface area contributed by atoms with Gasteiger partial charge >= 0.3 is 19.8 Å². The number of unbranched alkanes of at least 4 members (excludes halogenated alkanes) is 26. The van der Waals surface area contributed by atoms with Crippen molar-refractivity contribution in [3.05, 3.63) is 24.3 Å². The Balaban J connectivity index is 4.11. The van der Waals surface area contributed by atoms with Gasteiger partial charge in [0.2, 0.25) is 0 Å². The van der Waals surface area contributed by atoms with Gasteiger partial charge in [-0.3, -0.25) is 18.6 Å². The van der Waals surface area contributed by atoms with E-state index in [0.717, 1.165) is 57.8 Å². The van der Waals surface area contributed by atoms with Crippen molar-refractivity contribution in [1.29, 1.82) is 0 Å². The molecule has 0 rings (SSSR count). The molecule has 2 atom stereocenters. The predicted octanol–water partition coefficient (Wildman–Crippen LogP) is 13.2. The van der Waals surface area contributed by atoms with Crippen molar-refractivity contribution >= 4 is 19.8 Å². The summed E-state index contributed by atoms with van der Waals surface area (Å²) >= 11 is 0. The van der Waals surface area contributed by atoms with Crippen molar-refractivity contribution in [3.8, 4) is 0 Å². The number of esters is 2. The molecule has 0 aliphatic rings. The third-order valence-corrected chi connectivity index (χ3v) is 10.8. The fraction of sp³-hybridized carbons (Fsp3) is 0.867. The first-order valence-electron chi connectivity index (χ1n) is 22.8. The van der Waals surface area contributed by atoms with Crippen molar-refractivity contribution < 1.29 is 37.6 Å². The molecule has 0 aliphatic carbocycles. The number of nitrogens with two attached hydrogens (primary N) is 1. The summed E-state index contributed by atoms with van der Waals surface area (Å²) in [5, 5.41) is 0. The van der Waals surface area contributed by atoms with Gasteiger partial charge in [0.25, 0.3) is 0 Å². The molecule has 0 fully saturated rings. The minimum Gasteiger partial charge on any atom is -0.462 e. The van der Waals surface area contributed by atoms with Crippen LogP contribution in [-0.2, 0) is 32.7 Å². The van der Waals surface area contributed by atoms with Crippen LogP contribution in [0, 0.1) is 0 Å². The summed E-state index contributed by atoms with van der Waals surface area (Å²) in [5.74, 6) is -0.835. The van der Waals surface area contributed by atoms with Crippen LogP contribution >= 0.6 is 7.82 Å². The summed E-state index contributed by atoms with van der Waals surface area (Å²) in [6.07, 6.45) is 44.9. The van der Waals surface area contributed by atoms with Crippen LogP contribution in [-0.4, -0.2) is 49.3 Å². The molecular formula is C45H86NO8P. The second-order valence-corrected chi connectivity index (χ2v) is 16.7. The maximum atomic E-state index is 12.6. The molecule has 0 bridgehead atoms. The van der Waals surface area contributed by atoms with Crippen molar-refractivity contribution in [3.63, 3.8) is 0 Å². The molecule has 2 unspecified atom stereocenters. The van der Waals surface area contributed by atoms with Crippen LogP contribution in [0.15, 0.2) is 24.3 Å². The van der Waals surface area contributed by atoms with E-state index in [-0.39, 0.29) is 38.6 Å². The Hall–Kier alpha value is -1.51. The zero-order valence-corrected chi connectivity index (χ0v) is 36.6. The maximum Gasteiger partial charge on any atom is 0.472 e. The Morgan fingerprint density at radius 3 is 1.40 bits per heavy atom. The molecule has 0 radical (unpaired) electrons. The highest BCUT2D eigenvalue weighted by molar-refractivity contribution is 7.47. The van der Waals surface area contributed by atoms with Gasteiger partial charge in [-0.1, -0.05) is 186 Å². The summed E-state index contributed by atoms with van der Waals surface area (Å²) in [6, 6.07) is 0. The van der Waals surface area contributed by atoms with Crippen LogP contribution in [0.3, 0.4) is 0 Å². The van der Waals surface area contributed by atoms with E-state index in [9.17, 15) is 19.0 Å². The van der Waals surface area contributed by atoms with Crippen molar-refractivity contribution in [2.45, 2.75) is 225 Å². The third kappa shape index (κ3) is 41.9. The quantitative estimate of drug-likeness (QED) is 0.0267. The van der Waals surface area contributed by atoms with Crippen LogP contribution in [0.4, 0.5) is 0 Å².